The lowest BCUT2D eigenvalue weighted by atomic mass is 10.00. The number of fused-ring (bicyclic) bond motifs is 1. The Hall–Kier alpha value is -2.41. The topological polar surface area (TPSA) is 59.4 Å². The molecule has 1 atom stereocenters. The number of benzene rings is 1. The maximum absolute atomic E-state index is 13.3. The van der Waals surface area contributed by atoms with Crippen LogP contribution in [0, 0.1) is 11.7 Å². The van der Waals surface area contributed by atoms with Crippen LogP contribution in [-0.4, -0.2) is 40.5 Å². The summed E-state index contributed by atoms with van der Waals surface area (Å²) in [6.45, 7) is 3.35. The van der Waals surface area contributed by atoms with Gasteiger partial charge in [-0.15, -0.1) is 0 Å². The van der Waals surface area contributed by atoms with Crippen LogP contribution in [0.3, 0.4) is 0 Å². The number of hydrogen-bond acceptors (Lipinski definition) is 3. The summed E-state index contributed by atoms with van der Waals surface area (Å²) in [6.07, 6.45) is 3.38. The van der Waals surface area contributed by atoms with Crippen molar-refractivity contribution < 1.29 is 13.9 Å². The molecule has 0 saturated carbocycles. The van der Waals surface area contributed by atoms with Gasteiger partial charge in [-0.25, -0.2) is 13.9 Å². The maximum Gasteiger partial charge on any atom is 0.323 e. The fourth-order valence-corrected chi connectivity index (χ4v) is 3.44. The zero-order valence-corrected chi connectivity index (χ0v) is 13.9. The Balaban J connectivity index is 1.41. The van der Waals surface area contributed by atoms with E-state index in [0.29, 0.717) is 31.2 Å². The zero-order valence-electron chi connectivity index (χ0n) is 13.9. The predicted octanol–water partition coefficient (Wildman–Crippen LogP) is 2.65. The quantitative estimate of drug-likeness (QED) is 0.931. The fourth-order valence-electron chi connectivity index (χ4n) is 3.44. The zero-order chi connectivity index (χ0) is 17.2. The summed E-state index contributed by atoms with van der Waals surface area (Å²) in [6, 6.07) is 6.41. The van der Waals surface area contributed by atoms with Crippen LogP contribution in [0.1, 0.15) is 17.5 Å². The van der Waals surface area contributed by atoms with Gasteiger partial charge in [0.2, 0.25) is 0 Å². The molecule has 2 aliphatic heterocycles. The van der Waals surface area contributed by atoms with Gasteiger partial charge < -0.3 is 9.64 Å². The van der Waals surface area contributed by atoms with E-state index in [0.717, 1.165) is 37.3 Å². The molecule has 0 spiro atoms. The summed E-state index contributed by atoms with van der Waals surface area (Å²) in [4.78, 5) is 14.4. The van der Waals surface area contributed by atoms with Gasteiger partial charge in [0.05, 0.1) is 12.8 Å². The van der Waals surface area contributed by atoms with Crippen LogP contribution in [0.25, 0.3) is 0 Å². The number of amides is 2. The number of hydrogen-bond donors (Lipinski definition) is 1. The van der Waals surface area contributed by atoms with Crippen molar-refractivity contribution in [2.24, 2.45) is 5.92 Å². The van der Waals surface area contributed by atoms with Crippen molar-refractivity contribution in [1.29, 1.82) is 0 Å². The fraction of sp³-hybridized carbons (Fsp3) is 0.444. The number of halogens is 1. The minimum Gasteiger partial charge on any atom is -0.381 e. The number of nitrogens with zero attached hydrogens (tertiary/aromatic N) is 3. The van der Waals surface area contributed by atoms with Gasteiger partial charge in [-0.1, -0.05) is 6.07 Å². The van der Waals surface area contributed by atoms with E-state index in [2.05, 4.69) is 10.4 Å². The smallest absolute Gasteiger partial charge is 0.323 e. The molecule has 25 heavy (non-hydrogen) atoms. The number of urea groups is 1. The summed E-state index contributed by atoms with van der Waals surface area (Å²) < 4.78 is 20.5. The van der Waals surface area contributed by atoms with E-state index >= 15 is 0 Å². The maximum atomic E-state index is 13.3. The Bertz CT molecular complexity index is 770. The van der Waals surface area contributed by atoms with E-state index in [4.69, 9.17) is 4.74 Å². The van der Waals surface area contributed by atoms with Crippen LogP contribution < -0.4 is 5.32 Å². The van der Waals surface area contributed by atoms with Crippen LogP contribution in [0.2, 0.25) is 0 Å². The lowest BCUT2D eigenvalue weighted by Crippen LogP contribution is -2.39. The number of nitrogens with one attached hydrogen (secondary N) is 1. The normalized spacial score (nSPS) is 19.7. The summed E-state index contributed by atoms with van der Waals surface area (Å²) in [7, 11) is 0. The van der Waals surface area contributed by atoms with E-state index in [-0.39, 0.29) is 11.8 Å². The lowest BCUT2D eigenvalue weighted by molar-refractivity contribution is 0.181. The number of aromatic nitrogens is 2. The number of carbonyl (C=O) groups is 1. The largest absolute Gasteiger partial charge is 0.381 e. The molecule has 3 heterocycles. The SMILES string of the molecule is O=C(Nc1ccnn1CC1CCOC1)N1CCc2cc(F)ccc2C1. The van der Waals surface area contributed by atoms with E-state index in [1.165, 1.54) is 6.07 Å². The molecule has 0 radical (unpaired) electrons. The first kappa shape index (κ1) is 16.1. The molecule has 1 fully saturated rings. The highest BCUT2D eigenvalue weighted by Crippen LogP contribution is 2.21. The Kier molecular flexibility index (Phi) is 4.40. The van der Waals surface area contributed by atoms with Gasteiger partial charge in [0.25, 0.3) is 0 Å². The molecule has 4 rings (SSSR count). The molecule has 0 aliphatic carbocycles. The molecule has 1 aromatic heterocycles. The van der Waals surface area contributed by atoms with Gasteiger partial charge in [0.1, 0.15) is 11.6 Å². The highest BCUT2D eigenvalue weighted by molar-refractivity contribution is 5.88. The first-order valence-corrected chi connectivity index (χ1v) is 8.62. The van der Waals surface area contributed by atoms with E-state index in [1.807, 2.05) is 4.68 Å². The highest BCUT2D eigenvalue weighted by Gasteiger charge is 2.23. The second-order valence-electron chi connectivity index (χ2n) is 6.64. The number of rotatable bonds is 3. The van der Waals surface area contributed by atoms with Crippen molar-refractivity contribution in [2.75, 3.05) is 25.1 Å². The predicted molar refractivity (Wildman–Crippen MR) is 90.7 cm³/mol. The molecule has 2 aliphatic rings. The Labute approximate surface area is 145 Å². The third-order valence-electron chi connectivity index (χ3n) is 4.87. The molecule has 1 N–H and O–H groups in total. The van der Waals surface area contributed by atoms with Crippen LogP contribution in [0.15, 0.2) is 30.5 Å². The van der Waals surface area contributed by atoms with Gasteiger partial charge in [0.15, 0.2) is 0 Å². The van der Waals surface area contributed by atoms with Gasteiger partial charge in [-0.05, 0) is 36.1 Å². The van der Waals surface area contributed by atoms with E-state index < -0.39 is 0 Å². The average molecular weight is 344 g/mol. The molecule has 1 saturated heterocycles. The molecule has 1 aromatic carbocycles. The second kappa shape index (κ2) is 6.84. The molecular weight excluding hydrogens is 323 g/mol. The molecule has 0 bridgehead atoms. The molecule has 1 unspecified atom stereocenters. The highest BCUT2D eigenvalue weighted by atomic mass is 19.1. The van der Waals surface area contributed by atoms with Crippen molar-refractivity contribution in [2.45, 2.75) is 25.9 Å². The second-order valence-corrected chi connectivity index (χ2v) is 6.64. The number of carbonyl (C=O) groups excluding carboxylic acids is 1. The standard InChI is InChI=1S/C18H21FN4O2/c19-16-2-1-15-11-22(7-4-14(15)9-16)18(24)21-17-3-6-20-23(17)10-13-5-8-25-12-13/h1-3,6,9,13H,4-5,7-8,10-12H2,(H,21,24). The van der Waals surface area contributed by atoms with Crippen LogP contribution in [0.4, 0.5) is 15.0 Å². The van der Waals surface area contributed by atoms with Crippen molar-refractivity contribution >= 4 is 11.8 Å². The van der Waals surface area contributed by atoms with Crippen molar-refractivity contribution in [1.82, 2.24) is 14.7 Å². The third kappa shape index (κ3) is 3.51. The van der Waals surface area contributed by atoms with Gasteiger partial charge in [-0.3, -0.25) is 5.32 Å². The van der Waals surface area contributed by atoms with Gasteiger partial charge in [-0.2, -0.15) is 5.10 Å². The Morgan fingerprint density at radius 1 is 1.36 bits per heavy atom. The Morgan fingerprint density at radius 2 is 2.28 bits per heavy atom. The minimum atomic E-state index is -0.226. The molecule has 6 nitrogen and oxygen atoms in total. The van der Waals surface area contributed by atoms with Crippen LogP contribution in [0.5, 0.6) is 0 Å². The first-order valence-electron chi connectivity index (χ1n) is 8.62. The summed E-state index contributed by atoms with van der Waals surface area (Å²) in [5.41, 5.74) is 1.98. The minimum absolute atomic E-state index is 0.153. The van der Waals surface area contributed by atoms with Gasteiger partial charge in [0, 0.05) is 38.2 Å². The molecule has 132 valence electrons. The lowest BCUT2D eigenvalue weighted by Gasteiger charge is -2.29. The van der Waals surface area contributed by atoms with Gasteiger partial charge >= 0.3 is 6.03 Å². The molecule has 7 heteroatoms. The van der Waals surface area contributed by atoms with Crippen LogP contribution in [-0.2, 0) is 24.2 Å². The van der Waals surface area contributed by atoms with E-state index in [1.54, 1.807) is 29.3 Å². The summed E-state index contributed by atoms with van der Waals surface area (Å²) >= 11 is 0. The number of anilines is 1. The molecular formula is C18H21FN4O2. The first-order chi connectivity index (χ1) is 12.2. The van der Waals surface area contributed by atoms with Crippen molar-refractivity contribution in [3.63, 3.8) is 0 Å². The third-order valence-corrected chi connectivity index (χ3v) is 4.87. The molecule has 2 amide bonds. The summed E-state index contributed by atoms with van der Waals surface area (Å²) in [5.74, 6) is 0.908. The van der Waals surface area contributed by atoms with Crippen molar-refractivity contribution in [3.05, 3.63) is 47.4 Å². The average Bonchev–Trinajstić information content (AvgIpc) is 3.27. The van der Waals surface area contributed by atoms with E-state index in [9.17, 15) is 9.18 Å². The number of ether oxygens (including phenoxy) is 1. The molecule has 2 aromatic rings. The van der Waals surface area contributed by atoms with Crippen LogP contribution >= 0.6 is 0 Å². The summed E-state index contributed by atoms with van der Waals surface area (Å²) in [5, 5.41) is 7.26. The Morgan fingerprint density at radius 3 is 3.12 bits per heavy atom. The van der Waals surface area contributed by atoms with Crippen molar-refractivity contribution in [3.8, 4) is 0 Å². The monoisotopic (exact) mass is 344 g/mol.